The van der Waals surface area contributed by atoms with Gasteiger partial charge in [0.15, 0.2) is 0 Å². The van der Waals surface area contributed by atoms with Crippen molar-refractivity contribution in [2.75, 3.05) is 38.6 Å². The van der Waals surface area contributed by atoms with E-state index in [1.807, 2.05) is 32.0 Å². The molecule has 1 aromatic carbocycles. The molecule has 27 heavy (non-hydrogen) atoms. The van der Waals surface area contributed by atoms with Gasteiger partial charge in [-0.05, 0) is 58.0 Å². The summed E-state index contributed by atoms with van der Waals surface area (Å²) < 4.78 is 6.06. The van der Waals surface area contributed by atoms with Crippen molar-refractivity contribution in [3.8, 4) is 5.75 Å². The third kappa shape index (κ3) is 5.72. The quantitative estimate of drug-likeness (QED) is 0.760. The zero-order valence-electron chi connectivity index (χ0n) is 16.3. The van der Waals surface area contributed by atoms with E-state index in [1.165, 1.54) is 12.8 Å². The number of carbonyl (C=O) groups excluding carboxylic acids is 1. The van der Waals surface area contributed by atoms with Crippen molar-refractivity contribution in [1.82, 2.24) is 15.5 Å². The molecule has 1 atom stereocenters. The van der Waals surface area contributed by atoms with E-state index < -0.39 is 0 Å². The smallest absolute Gasteiger partial charge is 0.324 e. The summed E-state index contributed by atoms with van der Waals surface area (Å²) in [7, 11) is 2.15. The van der Waals surface area contributed by atoms with Crippen LogP contribution < -0.4 is 20.7 Å². The van der Waals surface area contributed by atoms with Gasteiger partial charge in [-0.1, -0.05) is 6.07 Å². The Kier molecular flexibility index (Phi) is 6.34. The van der Waals surface area contributed by atoms with Crippen molar-refractivity contribution in [2.24, 2.45) is 10.9 Å². The molecule has 0 spiro atoms. The van der Waals surface area contributed by atoms with Crippen molar-refractivity contribution in [3.05, 3.63) is 35.7 Å². The number of amidine groups is 1. The first-order chi connectivity index (χ1) is 13.0. The van der Waals surface area contributed by atoms with E-state index in [0.717, 1.165) is 24.4 Å². The molecule has 1 saturated heterocycles. The predicted octanol–water partition coefficient (Wildman–Crippen LogP) is 2.70. The number of likely N-dealkylation sites (tertiary alicyclic amines) is 1. The minimum Gasteiger partial charge on any atom is -0.491 e. The number of ether oxygens (including phenoxy) is 1. The maximum atomic E-state index is 12.4. The van der Waals surface area contributed by atoms with E-state index in [4.69, 9.17) is 4.74 Å². The Morgan fingerprint density at radius 1 is 1.37 bits per heavy atom. The predicted molar refractivity (Wildman–Crippen MR) is 108 cm³/mol. The fourth-order valence-electron chi connectivity index (χ4n) is 3.33. The molecule has 2 aliphatic heterocycles. The minimum atomic E-state index is -0.323. The number of aryl methyl sites for hydroxylation is 1. The third-order valence-corrected chi connectivity index (χ3v) is 4.79. The summed E-state index contributed by atoms with van der Waals surface area (Å²) in [6.07, 6.45) is 4.08. The summed E-state index contributed by atoms with van der Waals surface area (Å²) in [4.78, 5) is 18.9. The van der Waals surface area contributed by atoms with E-state index in [2.05, 4.69) is 32.9 Å². The first kappa shape index (κ1) is 19.2. The number of allylic oxidation sites excluding steroid dienone is 1. The van der Waals surface area contributed by atoms with Crippen LogP contribution in [0.5, 0.6) is 5.75 Å². The Hall–Kier alpha value is -2.54. The Balaban J connectivity index is 1.60. The average Bonchev–Trinajstić information content (AvgIpc) is 2.63. The van der Waals surface area contributed by atoms with Crippen LogP contribution in [0.15, 0.2) is 35.1 Å². The number of carbonyl (C=O) groups is 1. The van der Waals surface area contributed by atoms with E-state index >= 15 is 0 Å². The van der Waals surface area contributed by atoms with Crippen molar-refractivity contribution >= 4 is 17.6 Å². The molecule has 7 nitrogen and oxygen atoms in total. The maximum Gasteiger partial charge on any atom is 0.324 e. The normalized spacial score (nSPS) is 20.2. The molecule has 0 bridgehead atoms. The zero-order valence-corrected chi connectivity index (χ0v) is 16.3. The number of aliphatic imine (C=N–C) groups is 1. The van der Waals surface area contributed by atoms with Crippen LogP contribution in [0.4, 0.5) is 10.5 Å². The highest BCUT2D eigenvalue weighted by molar-refractivity contribution is 6.05. The fraction of sp³-hybridized carbons (Fsp3) is 0.500. The van der Waals surface area contributed by atoms with Crippen LogP contribution in [0.3, 0.4) is 0 Å². The Bertz CT molecular complexity index is 744. The van der Waals surface area contributed by atoms with Crippen LogP contribution >= 0.6 is 0 Å². The number of anilines is 1. The second-order valence-corrected chi connectivity index (χ2v) is 7.40. The molecule has 2 aliphatic rings. The van der Waals surface area contributed by atoms with Crippen LogP contribution in [0.1, 0.15) is 25.3 Å². The molecule has 0 radical (unpaired) electrons. The average molecular weight is 371 g/mol. The van der Waals surface area contributed by atoms with E-state index in [0.29, 0.717) is 36.3 Å². The minimum absolute atomic E-state index is 0.323. The summed E-state index contributed by atoms with van der Waals surface area (Å²) >= 11 is 0. The van der Waals surface area contributed by atoms with Gasteiger partial charge in [-0.15, -0.1) is 0 Å². The number of nitrogens with zero attached hydrogens (tertiary/aromatic N) is 2. The Morgan fingerprint density at radius 3 is 2.96 bits per heavy atom. The van der Waals surface area contributed by atoms with Crippen molar-refractivity contribution in [2.45, 2.75) is 26.7 Å². The highest BCUT2D eigenvalue weighted by atomic mass is 16.5. The van der Waals surface area contributed by atoms with E-state index in [-0.39, 0.29) is 6.03 Å². The van der Waals surface area contributed by atoms with Gasteiger partial charge in [0.25, 0.3) is 0 Å². The first-order valence-corrected chi connectivity index (χ1v) is 9.47. The summed E-state index contributed by atoms with van der Waals surface area (Å²) in [6, 6.07) is 5.51. The molecular formula is C20H29N5O2. The lowest BCUT2D eigenvalue weighted by molar-refractivity contribution is 0.151. The van der Waals surface area contributed by atoms with Crippen molar-refractivity contribution < 1.29 is 9.53 Å². The van der Waals surface area contributed by atoms with Crippen molar-refractivity contribution in [3.63, 3.8) is 0 Å². The monoisotopic (exact) mass is 371 g/mol. The Morgan fingerprint density at radius 2 is 2.22 bits per heavy atom. The zero-order chi connectivity index (χ0) is 19.2. The van der Waals surface area contributed by atoms with Crippen LogP contribution in [0.25, 0.3) is 0 Å². The number of amides is 2. The number of urea groups is 1. The van der Waals surface area contributed by atoms with Crippen LogP contribution in [0.2, 0.25) is 0 Å². The molecule has 3 N–H and O–H groups in total. The molecule has 7 heteroatoms. The van der Waals surface area contributed by atoms with Crippen LogP contribution in [0, 0.1) is 12.8 Å². The maximum absolute atomic E-state index is 12.4. The lowest BCUT2D eigenvalue weighted by atomic mass is 9.99. The number of hydrogen-bond donors (Lipinski definition) is 3. The van der Waals surface area contributed by atoms with Gasteiger partial charge in [0.1, 0.15) is 11.6 Å². The molecule has 0 saturated carbocycles. The lowest BCUT2D eigenvalue weighted by Gasteiger charge is -2.29. The van der Waals surface area contributed by atoms with Gasteiger partial charge in [-0.3, -0.25) is 5.32 Å². The molecule has 1 fully saturated rings. The van der Waals surface area contributed by atoms with Gasteiger partial charge in [0.2, 0.25) is 0 Å². The highest BCUT2D eigenvalue weighted by Gasteiger charge is 2.19. The van der Waals surface area contributed by atoms with E-state index in [1.54, 1.807) is 6.20 Å². The number of rotatable bonds is 4. The summed E-state index contributed by atoms with van der Waals surface area (Å²) in [5.74, 6) is 1.80. The number of hydrogen-bond acceptors (Lipinski definition) is 5. The number of benzene rings is 1. The molecule has 1 aromatic rings. The first-order valence-electron chi connectivity index (χ1n) is 9.47. The molecule has 0 aromatic heterocycles. The second-order valence-electron chi connectivity index (χ2n) is 7.40. The standard InChI is InChI=1S/C20H29N5O2/c1-14-6-7-18(27-13-16-5-4-8-25(3)12-16)17(9-14)23-20(26)24-19-11-21-15(2)10-22-19/h6-7,9-10,16,21H,4-5,8,11-13H2,1-3H3,(H2,22,23,24,26). The molecule has 0 aliphatic carbocycles. The Labute approximate surface area is 160 Å². The largest absolute Gasteiger partial charge is 0.491 e. The van der Waals surface area contributed by atoms with Gasteiger partial charge >= 0.3 is 6.03 Å². The molecule has 3 rings (SSSR count). The molecule has 2 amide bonds. The molecule has 146 valence electrons. The van der Waals surface area contributed by atoms with Crippen molar-refractivity contribution in [1.29, 1.82) is 0 Å². The van der Waals surface area contributed by atoms with E-state index in [9.17, 15) is 4.79 Å². The topological polar surface area (TPSA) is 78.0 Å². The van der Waals surface area contributed by atoms with Crippen LogP contribution in [-0.4, -0.2) is 50.1 Å². The number of piperidine rings is 1. The number of nitrogens with one attached hydrogen (secondary N) is 3. The molecular weight excluding hydrogens is 342 g/mol. The lowest BCUT2D eigenvalue weighted by Crippen LogP contribution is -2.41. The highest BCUT2D eigenvalue weighted by Crippen LogP contribution is 2.27. The van der Waals surface area contributed by atoms with Gasteiger partial charge in [0.05, 0.1) is 18.8 Å². The molecule has 2 heterocycles. The summed E-state index contributed by atoms with van der Waals surface area (Å²) in [5.41, 5.74) is 2.71. The molecule has 1 unspecified atom stereocenters. The summed E-state index contributed by atoms with van der Waals surface area (Å²) in [5, 5.41) is 8.81. The van der Waals surface area contributed by atoms with Gasteiger partial charge in [-0.2, -0.15) is 0 Å². The fourth-order valence-corrected chi connectivity index (χ4v) is 3.33. The summed E-state index contributed by atoms with van der Waals surface area (Å²) in [6.45, 7) is 7.29. The third-order valence-electron chi connectivity index (χ3n) is 4.79. The van der Waals surface area contributed by atoms with Gasteiger partial charge in [0, 0.05) is 24.4 Å². The van der Waals surface area contributed by atoms with Gasteiger partial charge < -0.3 is 20.3 Å². The van der Waals surface area contributed by atoms with Gasteiger partial charge in [-0.25, -0.2) is 9.79 Å². The second kappa shape index (κ2) is 8.90. The van der Waals surface area contributed by atoms with Crippen LogP contribution in [-0.2, 0) is 0 Å². The SMILES string of the molecule is CC1=CN=C(NC(=O)Nc2cc(C)ccc2OCC2CCCN(C)C2)CN1.